The van der Waals surface area contributed by atoms with Gasteiger partial charge in [0.25, 0.3) is 0 Å². The first-order valence-electron chi connectivity index (χ1n) is 8.35. The molecule has 2 aromatic rings. The second kappa shape index (κ2) is 8.68. The molecular weight excluding hydrogens is 300 g/mol. The number of unbranched alkanes of at least 4 members (excludes halogenated alkanes) is 1. The molecule has 3 heteroatoms. The molecule has 0 aliphatic heterocycles. The second-order valence-corrected chi connectivity index (χ2v) is 6.57. The van der Waals surface area contributed by atoms with E-state index in [9.17, 15) is 0 Å². The van der Waals surface area contributed by atoms with Gasteiger partial charge in [-0.2, -0.15) is 0 Å². The lowest BCUT2D eigenvalue weighted by Crippen LogP contribution is -2.19. The highest BCUT2D eigenvalue weighted by Crippen LogP contribution is 2.19. The summed E-state index contributed by atoms with van der Waals surface area (Å²) in [5.41, 5.74) is 4.72. The molecule has 0 aliphatic carbocycles. The van der Waals surface area contributed by atoms with Crippen LogP contribution in [-0.2, 0) is 6.42 Å². The minimum absolute atomic E-state index is 0.508. The van der Waals surface area contributed by atoms with Crippen molar-refractivity contribution in [2.75, 3.05) is 10.6 Å². The molecule has 0 atom stereocenters. The third-order valence-corrected chi connectivity index (χ3v) is 4.05. The lowest BCUT2D eigenvalue weighted by molar-refractivity contribution is 0.795. The molecule has 0 spiro atoms. The van der Waals surface area contributed by atoms with E-state index in [0.717, 1.165) is 17.8 Å². The first-order chi connectivity index (χ1) is 11.1. The van der Waals surface area contributed by atoms with Crippen molar-refractivity contribution in [3.05, 3.63) is 59.7 Å². The Labute approximate surface area is 145 Å². The Balaban J connectivity index is 1.93. The molecule has 0 heterocycles. The number of nitrogens with one attached hydrogen (secondary N) is 2. The fourth-order valence-corrected chi connectivity index (χ4v) is 2.64. The topological polar surface area (TPSA) is 24.1 Å². The van der Waals surface area contributed by atoms with Gasteiger partial charge in [-0.25, -0.2) is 0 Å². The van der Waals surface area contributed by atoms with Crippen molar-refractivity contribution in [3.63, 3.8) is 0 Å². The van der Waals surface area contributed by atoms with E-state index in [4.69, 9.17) is 12.2 Å². The van der Waals surface area contributed by atoms with Gasteiger partial charge in [0.05, 0.1) is 0 Å². The van der Waals surface area contributed by atoms with E-state index in [1.807, 2.05) is 6.07 Å². The van der Waals surface area contributed by atoms with Gasteiger partial charge >= 0.3 is 0 Å². The van der Waals surface area contributed by atoms with Crippen LogP contribution < -0.4 is 10.6 Å². The predicted molar refractivity (Wildman–Crippen MR) is 105 cm³/mol. The zero-order valence-corrected chi connectivity index (χ0v) is 15.0. The Morgan fingerprint density at radius 3 is 2.35 bits per heavy atom. The van der Waals surface area contributed by atoms with Gasteiger partial charge in [-0.1, -0.05) is 51.5 Å². The van der Waals surface area contributed by atoms with Crippen LogP contribution in [0.3, 0.4) is 0 Å². The highest BCUT2D eigenvalue weighted by atomic mass is 32.1. The molecule has 0 aromatic heterocycles. The van der Waals surface area contributed by atoms with Gasteiger partial charge in [-0.15, -0.1) is 0 Å². The molecule has 0 aliphatic rings. The van der Waals surface area contributed by atoms with Gasteiger partial charge in [0.15, 0.2) is 5.11 Å². The van der Waals surface area contributed by atoms with Crippen LogP contribution in [0.4, 0.5) is 11.4 Å². The largest absolute Gasteiger partial charge is 0.332 e. The van der Waals surface area contributed by atoms with Crippen molar-refractivity contribution in [1.29, 1.82) is 0 Å². The van der Waals surface area contributed by atoms with Crippen LogP contribution in [0.5, 0.6) is 0 Å². The van der Waals surface area contributed by atoms with E-state index in [1.165, 1.54) is 24.0 Å². The Morgan fingerprint density at radius 2 is 1.70 bits per heavy atom. The molecule has 0 saturated carbocycles. The van der Waals surface area contributed by atoms with Crippen LogP contribution in [0.2, 0.25) is 0 Å². The quantitative estimate of drug-likeness (QED) is 0.640. The van der Waals surface area contributed by atoms with E-state index in [1.54, 1.807) is 0 Å². The molecule has 0 radical (unpaired) electrons. The number of benzene rings is 2. The Kier molecular flexibility index (Phi) is 6.60. The van der Waals surface area contributed by atoms with Crippen molar-refractivity contribution in [1.82, 2.24) is 0 Å². The van der Waals surface area contributed by atoms with Crippen molar-refractivity contribution in [3.8, 4) is 0 Å². The summed E-state index contributed by atoms with van der Waals surface area (Å²) in [5, 5.41) is 7.12. The molecular formula is C20H26N2S. The summed E-state index contributed by atoms with van der Waals surface area (Å²) < 4.78 is 0. The van der Waals surface area contributed by atoms with Gasteiger partial charge in [-0.05, 0) is 66.4 Å². The first-order valence-corrected chi connectivity index (χ1v) is 8.76. The highest BCUT2D eigenvalue weighted by molar-refractivity contribution is 7.80. The van der Waals surface area contributed by atoms with Crippen LogP contribution in [0.25, 0.3) is 0 Å². The fourth-order valence-electron chi connectivity index (χ4n) is 2.40. The van der Waals surface area contributed by atoms with Gasteiger partial charge in [0, 0.05) is 11.4 Å². The number of hydrogen-bond acceptors (Lipinski definition) is 1. The van der Waals surface area contributed by atoms with E-state index in [0.29, 0.717) is 11.0 Å². The van der Waals surface area contributed by atoms with Crippen molar-refractivity contribution in [2.45, 2.75) is 46.0 Å². The normalized spacial score (nSPS) is 10.6. The van der Waals surface area contributed by atoms with Gasteiger partial charge in [-0.3, -0.25) is 0 Å². The summed E-state index contributed by atoms with van der Waals surface area (Å²) >= 11 is 5.41. The number of rotatable bonds is 6. The molecule has 2 N–H and O–H groups in total. The van der Waals surface area contributed by atoms with Crippen molar-refractivity contribution >= 4 is 28.7 Å². The summed E-state index contributed by atoms with van der Waals surface area (Å²) in [7, 11) is 0. The van der Waals surface area contributed by atoms with Gasteiger partial charge in [0.1, 0.15) is 0 Å². The predicted octanol–water partition coefficient (Wildman–Crippen LogP) is 5.96. The molecule has 0 amide bonds. The number of hydrogen-bond donors (Lipinski definition) is 2. The molecule has 0 unspecified atom stereocenters. The summed E-state index contributed by atoms with van der Waals surface area (Å²) in [6.07, 6.45) is 3.60. The molecule has 0 bridgehead atoms. The maximum Gasteiger partial charge on any atom is 0.175 e. The lowest BCUT2D eigenvalue weighted by atomic mass is 10.0. The Hall–Kier alpha value is -1.87. The maximum atomic E-state index is 5.41. The summed E-state index contributed by atoms with van der Waals surface area (Å²) in [6.45, 7) is 6.60. The Bertz CT molecular complexity index is 632. The van der Waals surface area contributed by atoms with Crippen molar-refractivity contribution in [2.24, 2.45) is 0 Å². The Morgan fingerprint density at radius 1 is 1.00 bits per heavy atom. The van der Waals surface area contributed by atoms with Crippen molar-refractivity contribution < 1.29 is 0 Å². The SMILES string of the molecule is CCCCc1ccc(NC(=S)Nc2cccc(C(C)C)c2)cc1. The van der Waals surface area contributed by atoms with Gasteiger partial charge in [0.2, 0.25) is 0 Å². The zero-order chi connectivity index (χ0) is 16.7. The smallest absolute Gasteiger partial charge is 0.175 e. The van der Waals surface area contributed by atoms with E-state index in [2.05, 4.69) is 73.9 Å². The number of aryl methyl sites for hydroxylation is 1. The van der Waals surface area contributed by atoms with Crippen LogP contribution in [0, 0.1) is 0 Å². The van der Waals surface area contributed by atoms with Crippen LogP contribution in [-0.4, -0.2) is 5.11 Å². The minimum Gasteiger partial charge on any atom is -0.332 e. The molecule has 2 aromatic carbocycles. The zero-order valence-electron chi connectivity index (χ0n) is 14.2. The summed E-state index contributed by atoms with van der Waals surface area (Å²) in [4.78, 5) is 0. The second-order valence-electron chi connectivity index (χ2n) is 6.16. The minimum atomic E-state index is 0.508. The van der Waals surface area contributed by atoms with Crippen LogP contribution in [0.15, 0.2) is 48.5 Å². The van der Waals surface area contributed by atoms with Crippen LogP contribution in [0.1, 0.15) is 50.7 Å². The molecule has 2 rings (SSSR count). The lowest BCUT2D eigenvalue weighted by Gasteiger charge is -2.13. The van der Waals surface area contributed by atoms with E-state index < -0.39 is 0 Å². The fraction of sp³-hybridized carbons (Fsp3) is 0.350. The average Bonchev–Trinajstić information content (AvgIpc) is 2.54. The average molecular weight is 327 g/mol. The third kappa shape index (κ3) is 5.68. The molecule has 0 fully saturated rings. The molecule has 122 valence electrons. The molecule has 23 heavy (non-hydrogen) atoms. The molecule has 2 nitrogen and oxygen atoms in total. The summed E-state index contributed by atoms with van der Waals surface area (Å²) in [5.74, 6) is 0.508. The van der Waals surface area contributed by atoms with E-state index in [-0.39, 0.29) is 0 Å². The number of thiocarbonyl (C=S) groups is 1. The highest BCUT2D eigenvalue weighted by Gasteiger charge is 2.03. The maximum absolute atomic E-state index is 5.41. The standard InChI is InChI=1S/C20H26N2S/c1-4-5-7-16-10-12-18(13-11-16)21-20(23)22-19-9-6-8-17(14-19)15(2)3/h6,8-15H,4-5,7H2,1-3H3,(H2,21,22,23). The molecule has 0 saturated heterocycles. The third-order valence-electron chi connectivity index (χ3n) is 3.84. The summed E-state index contributed by atoms with van der Waals surface area (Å²) in [6, 6.07) is 16.9. The van der Waals surface area contributed by atoms with Gasteiger partial charge < -0.3 is 10.6 Å². The first kappa shape index (κ1) is 17.5. The van der Waals surface area contributed by atoms with E-state index >= 15 is 0 Å². The monoisotopic (exact) mass is 326 g/mol. The van der Waals surface area contributed by atoms with Crippen LogP contribution >= 0.6 is 12.2 Å². The number of anilines is 2.